The number of rotatable bonds is 3. The molecule has 112 valence electrons. The molecule has 1 fully saturated rings. The Morgan fingerprint density at radius 2 is 1.95 bits per heavy atom. The van der Waals surface area contributed by atoms with E-state index in [-0.39, 0.29) is 30.2 Å². The highest BCUT2D eigenvalue weighted by Crippen LogP contribution is 2.27. The maximum absolute atomic E-state index is 14.1. The molecule has 1 heterocycles. The molecule has 0 atom stereocenters. The zero-order chi connectivity index (χ0) is 14.9. The van der Waals surface area contributed by atoms with Crippen LogP contribution >= 0.6 is 15.9 Å². The summed E-state index contributed by atoms with van der Waals surface area (Å²) >= 11 is 3.10. The molecule has 9 heteroatoms. The van der Waals surface area contributed by atoms with Crippen molar-refractivity contribution in [2.24, 2.45) is 0 Å². The third kappa shape index (κ3) is 3.11. The molecule has 5 nitrogen and oxygen atoms in total. The molecule has 1 saturated heterocycles. The lowest BCUT2D eigenvalue weighted by Gasteiger charge is -2.26. The quantitative estimate of drug-likeness (QED) is 0.836. The van der Waals surface area contributed by atoms with Gasteiger partial charge in [-0.05, 0) is 12.1 Å². The lowest BCUT2D eigenvalue weighted by atomic mass is 10.2. The molecule has 0 bridgehead atoms. The standard InChI is InChI=1S/C11H13BrFNO4S2/c12-9-5-8(7-15)11(13)10(6-9)20(17,18)14-1-3-19(16)4-2-14/h5-6,15H,1-4,7H2. The molecule has 0 radical (unpaired) electrons. The molecule has 0 aromatic heterocycles. The molecular formula is C11H13BrFNO4S2. The van der Waals surface area contributed by atoms with Crippen LogP contribution in [-0.4, -0.2) is 46.6 Å². The van der Waals surface area contributed by atoms with E-state index in [9.17, 15) is 17.0 Å². The molecule has 2 rings (SSSR count). The predicted molar refractivity (Wildman–Crippen MR) is 76.7 cm³/mol. The Labute approximate surface area is 127 Å². The minimum absolute atomic E-state index is 0.0847. The van der Waals surface area contributed by atoms with E-state index in [0.717, 1.165) is 4.31 Å². The first-order valence-corrected chi connectivity index (χ1v) is 9.52. The van der Waals surface area contributed by atoms with Crippen LogP contribution in [0, 0.1) is 5.82 Å². The zero-order valence-electron chi connectivity index (χ0n) is 10.4. The third-order valence-corrected chi connectivity index (χ3v) is 6.64. The number of halogens is 2. The first kappa shape index (κ1) is 16.0. The maximum atomic E-state index is 14.1. The van der Waals surface area contributed by atoms with Crippen LogP contribution in [0.4, 0.5) is 4.39 Å². The van der Waals surface area contributed by atoms with Crippen LogP contribution in [0.25, 0.3) is 0 Å². The van der Waals surface area contributed by atoms with Crippen molar-refractivity contribution in [1.29, 1.82) is 0 Å². The molecule has 1 aliphatic rings. The fraction of sp³-hybridized carbons (Fsp3) is 0.455. The van der Waals surface area contributed by atoms with E-state index < -0.39 is 38.1 Å². The van der Waals surface area contributed by atoms with E-state index in [0.29, 0.717) is 4.47 Å². The van der Waals surface area contributed by atoms with Crippen LogP contribution in [0.1, 0.15) is 5.56 Å². The number of sulfonamides is 1. The molecule has 20 heavy (non-hydrogen) atoms. The Morgan fingerprint density at radius 1 is 1.35 bits per heavy atom. The van der Waals surface area contributed by atoms with E-state index in [1.165, 1.54) is 12.1 Å². The average Bonchev–Trinajstić information content (AvgIpc) is 2.41. The normalized spacial score (nSPS) is 18.4. The van der Waals surface area contributed by atoms with Crippen molar-refractivity contribution in [1.82, 2.24) is 4.31 Å². The van der Waals surface area contributed by atoms with Gasteiger partial charge in [0, 0.05) is 45.4 Å². The summed E-state index contributed by atoms with van der Waals surface area (Å²) in [7, 11) is -5.01. The number of aliphatic hydroxyl groups excluding tert-OH is 1. The minimum Gasteiger partial charge on any atom is -0.392 e. The van der Waals surface area contributed by atoms with Crippen molar-refractivity contribution in [3.8, 4) is 0 Å². The molecule has 0 spiro atoms. The van der Waals surface area contributed by atoms with E-state index >= 15 is 0 Å². The van der Waals surface area contributed by atoms with Crippen LogP contribution in [0.2, 0.25) is 0 Å². The van der Waals surface area contributed by atoms with Gasteiger partial charge in [0.2, 0.25) is 10.0 Å². The molecule has 1 aromatic carbocycles. The SMILES string of the molecule is O=S1CCN(S(=O)(=O)c2cc(Br)cc(CO)c2F)CC1. The van der Waals surface area contributed by atoms with Gasteiger partial charge >= 0.3 is 0 Å². The zero-order valence-corrected chi connectivity index (χ0v) is 13.6. The van der Waals surface area contributed by atoms with Crippen LogP contribution in [0.15, 0.2) is 21.5 Å². The highest BCUT2D eigenvalue weighted by molar-refractivity contribution is 9.10. The number of nitrogens with zero attached hydrogens (tertiary/aromatic N) is 1. The summed E-state index contributed by atoms with van der Waals surface area (Å²) in [4.78, 5) is -0.469. The smallest absolute Gasteiger partial charge is 0.246 e. The van der Waals surface area contributed by atoms with Crippen molar-refractivity contribution >= 4 is 36.8 Å². The first-order chi connectivity index (χ1) is 9.36. The number of aliphatic hydroxyl groups is 1. The van der Waals surface area contributed by atoms with Gasteiger partial charge < -0.3 is 5.11 Å². The summed E-state index contributed by atoms with van der Waals surface area (Å²) in [6, 6.07) is 2.51. The van der Waals surface area contributed by atoms with Crippen LogP contribution in [-0.2, 0) is 27.4 Å². The molecule has 0 amide bonds. The summed E-state index contributed by atoms with van der Waals surface area (Å²) in [6.07, 6.45) is 0. The first-order valence-electron chi connectivity index (χ1n) is 5.80. The van der Waals surface area contributed by atoms with Gasteiger partial charge in [0.05, 0.1) is 6.61 Å². The average molecular weight is 386 g/mol. The number of hydrogen-bond donors (Lipinski definition) is 1. The van der Waals surface area contributed by atoms with E-state index in [1.54, 1.807) is 0 Å². The summed E-state index contributed by atoms with van der Waals surface area (Å²) in [5.74, 6) is -0.439. The molecule has 1 N–H and O–H groups in total. The van der Waals surface area contributed by atoms with Crippen molar-refractivity contribution in [3.05, 3.63) is 28.0 Å². The van der Waals surface area contributed by atoms with Gasteiger partial charge in [-0.3, -0.25) is 4.21 Å². The molecule has 0 unspecified atom stereocenters. The van der Waals surface area contributed by atoms with Crippen LogP contribution < -0.4 is 0 Å². The molecule has 1 aromatic rings. The van der Waals surface area contributed by atoms with E-state index in [2.05, 4.69) is 15.9 Å². The minimum atomic E-state index is -3.99. The van der Waals surface area contributed by atoms with Crippen molar-refractivity contribution in [2.45, 2.75) is 11.5 Å². The lowest BCUT2D eigenvalue weighted by Crippen LogP contribution is -2.42. The maximum Gasteiger partial charge on any atom is 0.246 e. The predicted octanol–water partition coefficient (Wildman–Crippen LogP) is 0.834. The second-order valence-corrected chi connectivity index (χ2v) is 8.81. The van der Waals surface area contributed by atoms with Gasteiger partial charge in [0.15, 0.2) is 0 Å². The van der Waals surface area contributed by atoms with Gasteiger partial charge in [-0.1, -0.05) is 15.9 Å². The Hall–Kier alpha value is -0.350. The Balaban J connectivity index is 2.44. The molecule has 1 aliphatic heterocycles. The summed E-state index contributed by atoms with van der Waals surface area (Å²) in [6.45, 7) is -0.372. The molecule has 0 aliphatic carbocycles. The van der Waals surface area contributed by atoms with E-state index in [4.69, 9.17) is 5.11 Å². The summed E-state index contributed by atoms with van der Waals surface area (Å²) < 4.78 is 51.7. The van der Waals surface area contributed by atoms with Gasteiger partial charge in [-0.15, -0.1) is 0 Å². The topological polar surface area (TPSA) is 74.7 Å². The second-order valence-electron chi connectivity index (χ2n) is 4.29. The van der Waals surface area contributed by atoms with Crippen molar-refractivity contribution in [3.63, 3.8) is 0 Å². The van der Waals surface area contributed by atoms with E-state index in [1.807, 2.05) is 0 Å². The Kier molecular flexibility index (Phi) is 4.96. The molecular weight excluding hydrogens is 373 g/mol. The van der Waals surface area contributed by atoms with Gasteiger partial charge in [-0.2, -0.15) is 4.31 Å². The number of hydrogen-bond acceptors (Lipinski definition) is 4. The highest BCUT2D eigenvalue weighted by atomic mass is 79.9. The Morgan fingerprint density at radius 3 is 2.50 bits per heavy atom. The van der Waals surface area contributed by atoms with Gasteiger partial charge in [0.25, 0.3) is 0 Å². The summed E-state index contributed by atoms with van der Waals surface area (Å²) in [5.41, 5.74) is -0.0847. The number of benzene rings is 1. The highest BCUT2D eigenvalue weighted by Gasteiger charge is 2.31. The third-order valence-electron chi connectivity index (χ3n) is 3.00. The Bertz CT molecular complexity index is 640. The monoisotopic (exact) mass is 385 g/mol. The summed E-state index contributed by atoms with van der Waals surface area (Å²) in [5, 5.41) is 9.07. The van der Waals surface area contributed by atoms with Gasteiger partial charge in [-0.25, -0.2) is 12.8 Å². The van der Waals surface area contributed by atoms with Crippen molar-refractivity contribution in [2.75, 3.05) is 24.6 Å². The fourth-order valence-electron chi connectivity index (χ4n) is 1.92. The van der Waals surface area contributed by atoms with Gasteiger partial charge in [0.1, 0.15) is 10.7 Å². The fourth-order valence-corrected chi connectivity index (χ4v) is 5.44. The van der Waals surface area contributed by atoms with Crippen LogP contribution in [0.5, 0.6) is 0 Å². The largest absolute Gasteiger partial charge is 0.392 e. The van der Waals surface area contributed by atoms with Crippen LogP contribution in [0.3, 0.4) is 0 Å². The second kappa shape index (κ2) is 6.18. The lowest BCUT2D eigenvalue weighted by molar-refractivity contribution is 0.274. The van der Waals surface area contributed by atoms with Crippen molar-refractivity contribution < 1.29 is 22.1 Å². The molecule has 0 saturated carbocycles.